The molecule has 2 N–H and O–H groups in total. The number of hydrogen-bond donors (Lipinski definition) is 2. The number of rotatable bonds is 7. The molecule has 21 heavy (non-hydrogen) atoms. The molecule has 0 heterocycles. The van der Waals surface area contributed by atoms with Crippen LogP contribution in [0.1, 0.15) is 32.8 Å². The van der Waals surface area contributed by atoms with Crippen LogP contribution < -0.4 is 10.0 Å². The van der Waals surface area contributed by atoms with Crippen molar-refractivity contribution >= 4 is 33.2 Å². The van der Waals surface area contributed by atoms with Crippen LogP contribution in [0.3, 0.4) is 0 Å². The number of nitrogens with one attached hydrogen (secondary N) is 2. The van der Waals surface area contributed by atoms with Gasteiger partial charge in [-0.2, -0.15) is 0 Å². The van der Waals surface area contributed by atoms with Crippen molar-refractivity contribution in [2.45, 2.75) is 44.7 Å². The molecule has 0 aliphatic carbocycles. The van der Waals surface area contributed by atoms with E-state index >= 15 is 0 Å². The lowest BCUT2D eigenvalue weighted by Gasteiger charge is -2.17. The predicted molar refractivity (Wildman–Crippen MR) is 88.5 cm³/mol. The van der Waals surface area contributed by atoms with Crippen molar-refractivity contribution in [3.05, 3.63) is 27.7 Å². The van der Waals surface area contributed by atoms with Gasteiger partial charge in [0.25, 0.3) is 0 Å². The topological polar surface area (TPSA) is 58.2 Å². The first-order valence-corrected chi connectivity index (χ1v) is 9.06. The molecule has 1 unspecified atom stereocenters. The Hall–Kier alpha value is -0.330. The van der Waals surface area contributed by atoms with Crippen molar-refractivity contribution in [2.24, 2.45) is 5.92 Å². The second-order valence-electron chi connectivity index (χ2n) is 5.56. The number of halogens is 2. The van der Waals surface area contributed by atoms with E-state index in [1.807, 2.05) is 20.8 Å². The lowest BCUT2D eigenvalue weighted by atomic mass is 10.1. The minimum absolute atomic E-state index is 0.0643. The maximum absolute atomic E-state index is 12.5. The van der Waals surface area contributed by atoms with E-state index < -0.39 is 10.0 Å². The first kappa shape index (κ1) is 18.7. The Morgan fingerprint density at radius 1 is 1.14 bits per heavy atom. The predicted octanol–water partition coefficient (Wildman–Crippen LogP) is 3.43. The highest BCUT2D eigenvalue weighted by atomic mass is 35.5. The summed E-state index contributed by atoms with van der Waals surface area (Å²) in [7, 11) is -1.90. The van der Waals surface area contributed by atoms with Crippen LogP contribution in [0.2, 0.25) is 10.0 Å². The second kappa shape index (κ2) is 7.79. The van der Waals surface area contributed by atoms with E-state index in [2.05, 4.69) is 10.0 Å². The highest BCUT2D eigenvalue weighted by Crippen LogP contribution is 2.29. The Morgan fingerprint density at radius 2 is 1.76 bits per heavy atom. The van der Waals surface area contributed by atoms with Gasteiger partial charge in [-0.1, -0.05) is 37.0 Å². The summed E-state index contributed by atoms with van der Waals surface area (Å²) in [5, 5.41) is 3.52. The molecule has 1 aromatic rings. The zero-order valence-corrected chi connectivity index (χ0v) is 15.0. The summed E-state index contributed by atoms with van der Waals surface area (Å²) in [5.41, 5.74) is 0.695. The fraction of sp³-hybridized carbons (Fsp3) is 0.571. The molecule has 1 rings (SSSR count). The molecular weight excluding hydrogens is 331 g/mol. The third-order valence-corrected chi connectivity index (χ3v) is 5.35. The van der Waals surface area contributed by atoms with Crippen LogP contribution in [0.15, 0.2) is 17.0 Å². The van der Waals surface area contributed by atoms with Gasteiger partial charge in [0.2, 0.25) is 10.0 Å². The van der Waals surface area contributed by atoms with Crippen LogP contribution in [-0.4, -0.2) is 21.5 Å². The molecule has 0 spiro atoms. The fourth-order valence-corrected chi connectivity index (χ4v) is 4.31. The molecule has 4 nitrogen and oxygen atoms in total. The summed E-state index contributed by atoms with van der Waals surface area (Å²) in [4.78, 5) is 0.0643. The van der Waals surface area contributed by atoms with Gasteiger partial charge in [0.15, 0.2) is 0 Å². The summed E-state index contributed by atoms with van der Waals surface area (Å²) < 4.78 is 27.6. The minimum atomic E-state index is -3.66. The molecule has 0 aliphatic rings. The average Bonchev–Trinajstić information content (AvgIpc) is 2.30. The minimum Gasteiger partial charge on any atom is -0.316 e. The molecule has 1 atom stereocenters. The van der Waals surface area contributed by atoms with E-state index in [4.69, 9.17) is 23.2 Å². The van der Waals surface area contributed by atoms with Crippen LogP contribution in [0.5, 0.6) is 0 Å². The first-order chi connectivity index (χ1) is 9.67. The van der Waals surface area contributed by atoms with Gasteiger partial charge in [-0.25, -0.2) is 13.1 Å². The Labute approximate surface area is 137 Å². The molecule has 0 saturated heterocycles. The Bertz CT molecular complexity index is 589. The normalized spacial score (nSPS) is 13.7. The van der Waals surface area contributed by atoms with E-state index in [1.54, 1.807) is 7.05 Å². The number of hydrogen-bond acceptors (Lipinski definition) is 3. The molecule has 0 saturated carbocycles. The summed E-state index contributed by atoms with van der Waals surface area (Å²) in [6.45, 7) is 6.41. The molecule has 0 aliphatic heterocycles. The van der Waals surface area contributed by atoms with E-state index in [0.717, 1.165) is 6.42 Å². The van der Waals surface area contributed by atoms with Gasteiger partial charge in [-0.05, 0) is 44.0 Å². The van der Waals surface area contributed by atoms with Crippen molar-refractivity contribution in [2.75, 3.05) is 7.05 Å². The summed E-state index contributed by atoms with van der Waals surface area (Å²) >= 11 is 12.1. The highest BCUT2D eigenvalue weighted by molar-refractivity contribution is 7.89. The van der Waals surface area contributed by atoms with Gasteiger partial charge < -0.3 is 5.32 Å². The van der Waals surface area contributed by atoms with Crippen molar-refractivity contribution in [3.63, 3.8) is 0 Å². The van der Waals surface area contributed by atoms with Gasteiger partial charge in [0, 0.05) is 17.6 Å². The van der Waals surface area contributed by atoms with Crippen molar-refractivity contribution in [1.29, 1.82) is 0 Å². The number of sulfonamides is 1. The molecule has 7 heteroatoms. The van der Waals surface area contributed by atoms with Crippen LogP contribution in [0.4, 0.5) is 0 Å². The van der Waals surface area contributed by atoms with Crippen molar-refractivity contribution in [1.82, 2.24) is 10.0 Å². The maximum Gasteiger partial charge on any atom is 0.242 e. The van der Waals surface area contributed by atoms with Crippen LogP contribution in [0.25, 0.3) is 0 Å². The second-order valence-corrected chi connectivity index (χ2v) is 8.05. The standard InChI is InChI=1S/C14H22Cl2N2O2S/c1-9(2)5-10(3)18-21(19,20)14-6-11(8-17-4)12(15)7-13(14)16/h6-7,9-10,17-18H,5,8H2,1-4H3. The van der Waals surface area contributed by atoms with Gasteiger partial charge in [0.05, 0.1) is 5.02 Å². The van der Waals surface area contributed by atoms with Crippen LogP contribution in [-0.2, 0) is 16.6 Å². The van der Waals surface area contributed by atoms with E-state index in [1.165, 1.54) is 12.1 Å². The number of benzene rings is 1. The molecule has 0 radical (unpaired) electrons. The van der Waals surface area contributed by atoms with Crippen LogP contribution >= 0.6 is 23.2 Å². The zero-order valence-electron chi connectivity index (χ0n) is 12.7. The SMILES string of the molecule is CNCc1cc(S(=O)(=O)NC(C)CC(C)C)c(Cl)cc1Cl. The average molecular weight is 353 g/mol. The van der Waals surface area contributed by atoms with E-state index in [0.29, 0.717) is 23.0 Å². The lowest BCUT2D eigenvalue weighted by molar-refractivity contribution is 0.482. The van der Waals surface area contributed by atoms with Gasteiger partial charge in [0.1, 0.15) is 4.90 Å². The maximum atomic E-state index is 12.5. The van der Waals surface area contributed by atoms with Crippen LogP contribution in [0, 0.1) is 5.92 Å². The van der Waals surface area contributed by atoms with Crippen molar-refractivity contribution < 1.29 is 8.42 Å². The molecular formula is C14H22Cl2N2O2S. The molecule has 0 aromatic heterocycles. The molecule has 1 aromatic carbocycles. The fourth-order valence-electron chi connectivity index (χ4n) is 2.19. The Morgan fingerprint density at radius 3 is 2.29 bits per heavy atom. The molecule has 0 fully saturated rings. The molecule has 0 bridgehead atoms. The first-order valence-electron chi connectivity index (χ1n) is 6.82. The lowest BCUT2D eigenvalue weighted by Crippen LogP contribution is -2.33. The third-order valence-electron chi connectivity index (χ3n) is 2.94. The smallest absolute Gasteiger partial charge is 0.242 e. The van der Waals surface area contributed by atoms with Gasteiger partial charge in [-0.3, -0.25) is 0 Å². The van der Waals surface area contributed by atoms with Crippen molar-refractivity contribution in [3.8, 4) is 0 Å². The van der Waals surface area contributed by atoms with Gasteiger partial charge in [-0.15, -0.1) is 0 Å². The zero-order chi connectivity index (χ0) is 16.2. The summed E-state index contributed by atoms with van der Waals surface area (Å²) in [6.07, 6.45) is 0.758. The largest absolute Gasteiger partial charge is 0.316 e. The van der Waals surface area contributed by atoms with E-state index in [-0.39, 0.29) is 16.0 Å². The van der Waals surface area contributed by atoms with Gasteiger partial charge >= 0.3 is 0 Å². The molecule has 0 amide bonds. The van der Waals surface area contributed by atoms with E-state index in [9.17, 15) is 8.42 Å². The Kier molecular flexibility index (Phi) is 6.94. The summed E-state index contributed by atoms with van der Waals surface area (Å²) in [5.74, 6) is 0.406. The molecule has 120 valence electrons. The Balaban J connectivity index is 3.10. The monoisotopic (exact) mass is 352 g/mol. The highest BCUT2D eigenvalue weighted by Gasteiger charge is 2.22. The summed E-state index contributed by atoms with van der Waals surface area (Å²) in [6, 6.07) is 2.83. The quantitative estimate of drug-likeness (QED) is 0.790. The third kappa shape index (κ3) is 5.42.